The third-order valence-corrected chi connectivity index (χ3v) is 2.45. The predicted molar refractivity (Wildman–Crippen MR) is 67.9 cm³/mol. The third-order valence-electron chi connectivity index (χ3n) is 1.86. The monoisotopic (exact) mass is 278 g/mol. The minimum absolute atomic E-state index is 0. The number of anilines is 1. The second kappa shape index (κ2) is 5.87. The van der Waals surface area contributed by atoms with Gasteiger partial charge in [0.1, 0.15) is 5.82 Å². The molecule has 0 saturated heterocycles. The van der Waals surface area contributed by atoms with Gasteiger partial charge in [0.2, 0.25) is 10.0 Å². The van der Waals surface area contributed by atoms with Crippen molar-refractivity contribution in [2.75, 3.05) is 11.0 Å². The molecule has 0 amide bonds. The van der Waals surface area contributed by atoms with Crippen LogP contribution in [0.2, 0.25) is 0 Å². The van der Waals surface area contributed by atoms with E-state index in [1.165, 1.54) is 6.07 Å². The SMILES string of the molecule is C#Cc1cc(NS(C)(=O)=O)c(F)cc1CN.Cl. The summed E-state index contributed by atoms with van der Waals surface area (Å²) in [7, 11) is -3.53. The molecular weight excluding hydrogens is 267 g/mol. The van der Waals surface area contributed by atoms with Crippen molar-refractivity contribution in [2.24, 2.45) is 5.73 Å². The number of hydrogen-bond donors (Lipinski definition) is 2. The second-order valence-corrected chi connectivity index (χ2v) is 4.96. The number of nitrogens with two attached hydrogens (primary N) is 1. The van der Waals surface area contributed by atoms with Gasteiger partial charge in [0.05, 0.1) is 11.9 Å². The Morgan fingerprint density at radius 3 is 2.53 bits per heavy atom. The molecule has 0 atom stereocenters. The average Bonchev–Trinajstić information content (AvgIpc) is 2.18. The fraction of sp³-hybridized carbons (Fsp3) is 0.200. The van der Waals surface area contributed by atoms with Crippen molar-refractivity contribution in [1.29, 1.82) is 0 Å². The smallest absolute Gasteiger partial charge is 0.229 e. The Kier molecular flexibility index (Phi) is 5.42. The molecule has 0 radical (unpaired) electrons. The van der Waals surface area contributed by atoms with Crippen molar-refractivity contribution >= 4 is 28.1 Å². The first-order valence-electron chi connectivity index (χ1n) is 4.34. The Labute approximate surface area is 106 Å². The lowest BCUT2D eigenvalue weighted by molar-refractivity contribution is 0.603. The maximum absolute atomic E-state index is 13.4. The first-order chi connectivity index (χ1) is 7.37. The minimum Gasteiger partial charge on any atom is -0.326 e. The third kappa shape index (κ3) is 4.23. The summed E-state index contributed by atoms with van der Waals surface area (Å²) in [6, 6.07) is 2.38. The van der Waals surface area contributed by atoms with E-state index < -0.39 is 15.8 Å². The van der Waals surface area contributed by atoms with Crippen LogP contribution in [0.5, 0.6) is 0 Å². The summed E-state index contributed by atoms with van der Waals surface area (Å²) in [6.45, 7) is 0.0929. The lowest BCUT2D eigenvalue weighted by Crippen LogP contribution is -2.12. The maximum Gasteiger partial charge on any atom is 0.229 e. The highest BCUT2D eigenvalue weighted by Gasteiger charge is 2.11. The Bertz CT molecular complexity index is 552. The molecule has 7 heteroatoms. The predicted octanol–water partition coefficient (Wildman–Crippen LogP) is 1.06. The quantitative estimate of drug-likeness (QED) is 0.812. The summed E-state index contributed by atoms with van der Waals surface area (Å²) >= 11 is 0. The van der Waals surface area contributed by atoms with E-state index in [9.17, 15) is 12.8 Å². The van der Waals surface area contributed by atoms with Crippen molar-refractivity contribution in [2.45, 2.75) is 6.54 Å². The Morgan fingerprint density at radius 1 is 1.53 bits per heavy atom. The van der Waals surface area contributed by atoms with Crippen LogP contribution in [-0.2, 0) is 16.6 Å². The summed E-state index contributed by atoms with van der Waals surface area (Å²) < 4.78 is 37.4. The van der Waals surface area contributed by atoms with Gasteiger partial charge in [-0.05, 0) is 17.7 Å². The standard InChI is InChI=1S/C10H11FN2O2S.ClH/c1-3-7-5-10(13-16(2,14)15)9(11)4-8(7)6-12;/h1,4-5,13H,6,12H2,2H3;1H. The molecule has 94 valence electrons. The fourth-order valence-electron chi connectivity index (χ4n) is 1.20. The molecular formula is C10H12ClFN2O2S. The van der Waals surface area contributed by atoms with E-state index in [2.05, 4.69) is 5.92 Å². The Morgan fingerprint density at radius 2 is 2.12 bits per heavy atom. The van der Waals surface area contributed by atoms with Crippen LogP contribution in [-0.4, -0.2) is 14.7 Å². The van der Waals surface area contributed by atoms with Gasteiger partial charge in [-0.2, -0.15) is 0 Å². The zero-order chi connectivity index (χ0) is 12.3. The topological polar surface area (TPSA) is 72.2 Å². The zero-order valence-electron chi connectivity index (χ0n) is 9.03. The average molecular weight is 279 g/mol. The molecule has 0 fully saturated rings. The van der Waals surface area contributed by atoms with Crippen LogP contribution in [0, 0.1) is 18.2 Å². The van der Waals surface area contributed by atoms with Crippen LogP contribution < -0.4 is 10.5 Å². The number of rotatable bonds is 3. The first-order valence-corrected chi connectivity index (χ1v) is 6.23. The van der Waals surface area contributed by atoms with Crippen molar-refractivity contribution < 1.29 is 12.8 Å². The van der Waals surface area contributed by atoms with Gasteiger partial charge >= 0.3 is 0 Å². The molecule has 0 aliphatic heterocycles. The fourth-order valence-corrected chi connectivity index (χ4v) is 1.75. The van der Waals surface area contributed by atoms with E-state index in [1.807, 2.05) is 4.72 Å². The normalized spacial score (nSPS) is 10.2. The Hall–Kier alpha value is -1.29. The van der Waals surface area contributed by atoms with Gasteiger partial charge < -0.3 is 5.73 Å². The number of sulfonamides is 1. The molecule has 0 heterocycles. The molecule has 17 heavy (non-hydrogen) atoms. The van der Waals surface area contributed by atoms with Crippen LogP contribution in [0.1, 0.15) is 11.1 Å². The molecule has 1 aromatic rings. The lowest BCUT2D eigenvalue weighted by atomic mass is 10.1. The van der Waals surface area contributed by atoms with E-state index in [0.29, 0.717) is 11.1 Å². The maximum atomic E-state index is 13.4. The van der Waals surface area contributed by atoms with Crippen LogP contribution in [0.4, 0.5) is 10.1 Å². The Balaban J connectivity index is 0.00000256. The summed E-state index contributed by atoms with van der Waals surface area (Å²) in [5.74, 6) is 1.61. The number of hydrogen-bond acceptors (Lipinski definition) is 3. The van der Waals surface area contributed by atoms with E-state index >= 15 is 0 Å². The van der Waals surface area contributed by atoms with Crippen LogP contribution in [0.25, 0.3) is 0 Å². The van der Waals surface area contributed by atoms with E-state index in [4.69, 9.17) is 12.2 Å². The highest BCUT2D eigenvalue weighted by Crippen LogP contribution is 2.20. The van der Waals surface area contributed by atoms with Gasteiger partial charge in [-0.15, -0.1) is 18.8 Å². The van der Waals surface area contributed by atoms with Crippen LogP contribution in [0.3, 0.4) is 0 Å². The number of benzene rings is 1. The molecule has 0 saturated carbocycles. The molecule has 0 aliphatic carbocycles. The van der Waals surface area contributed by atoms with Gasteiger partial charge in [-0.25, -0.2) is 12.8 Å². The minimum atomic E-state index is -3.53. The molecule has 0 spiro atoms. The second-order valence-electron chi connectivity index (χ2n) is 3.21. The van der Waals surface area contributed by atoms with Gasteiger partial charge in [-0.1, -0.05) is 5.92 Å². The summed E-state index contributed by atoms with van der Waals surface area (Å²) in [5, 5.41) is 0. The summed E-state index contributed by atoms with van der Waals surface area (Å²) in [6.07, 6.45) is 6.13. The van der Waals surface area contributed by atoms with Gasteiger partial charge in [-0.3, -0.25) is 4.72 Å². The van der Waals surface area contributed by atoms with Crippen LogP contribution >= 0.6 is 12.4 Å². The molecule has 0 bridgehead atoms. The van der Waals surface area contributed by atoms with Gasteiger partial charge in [0.15, 0.2) is 0 Å². The van der Waals surface area contributed by atoms with E-state index in [0.717, 1.165) is 12.3 Å². The van der Waals surface area contributed by atoms with Crippen molar-refractivity contribution in [3.8, 4) is 12.3 Å². The first kappa shape index (κ1) is 15.7. The van der Waals surface area contributed by atoms with Crippen molar-refractivity contribution in [3.05, 3.63) is 29.1 Å². The molecule has 0 unspecified atom stereocenters. The highest BCUT2D eigenvalue weighted by molar-refractivity contribution is 7.92. The molecule has 4 nitrogen and oxygen atoms in total. The van der Waals surface area contributed by atoms with Gasteiger partial charge in [0, 0.05) is 12.1 Å². The number of terminal acetylenes is 1. The molecule has 1 rings (SSSR count). The lowest BCUT2D eigenvalue weighted by Gasteiger charge is -2.08. The largest absolute Gasteiger partial charge is 0.326 e. The van der Waals surface area contributed by atoms with Crippen molar-refractivity contribution in [1.82, 2.24) is 0 Å². The summed E-state index contributed by atoms with van der Waals surface area (Å²) in [4.78, 5) is 0. The zero-order valence-corrected chi connectivity index (χ0v) is 10.7. The molecule has 3 N–H and O–H groups in total. The molecule has 0 aromatic heterocycles. The van der Waals surface area contributed by atoms with Crippen LogP contribution in [0.15, 0.2) is 12.1 Å². The molecule has 0 aliphatic rings. The number of nitrogens with one attached hydrogen (secondary N) is 1. The highest BCUT2D eigenvalue weighted by atomic mass is 35.5. The van der Waals surface area contributed by atoms with Crippen molar-refractivity contribution in [3.63, 3.8) is 0 Å². The van der Waals surface area contributed by atoms with Gasteiger partial charge in [0.25, 0.3) is 0 Å². The van der Waals surface area contributed by atoms with E-state index in [-0.39, 0.29) is 24.6 Å². The summed E-state index contributed by atoms with van der Waals surface area (Å²) in [5.41, 5.74) is 6.03. The van der Waals surface area contributed by atoms with E-state index in [1.54, 1.807) is 0 Å². The molecule has 1 aromatic carbocycles. The number of halogens is 2.